The molecule has 0 saturated heterocycles. The van der Waals surface area contributed by atoms with Gasteiger partial charge in [0.2, 0.25) is 0 Å². The van der Waals surface area contributed by atoms with Gasteiger partial charge < -0.3 is 15.2 Å². The lowest BCUT2D eigenvalue weighted by Crippen LogP contribution is -2.16. The summed E-state index contributed by atoms with van der Waals surface area (Å²) in [4.78, 5) is 10.4. The normalized spacial score (nSPS) is 10.7. The van der Waals surface area contributed by atoms with Crippen molar-refractivity contribution in [1.82, 2.24) is 5.32 Å². The molecule has 0 radical (unpaired) electrons. The lowest BCUT2D eigenvalue weighted by molar-refractivity contribution is -0.137. The van der Waals surface area contributed by atoms with Crippen LogP contribution in [0.5, 0.6) is 5.75 Å². The number of carbonyl (C=O) groups is 1. The van der Waals surface area contributed by atoms with Crippen LogP contribution in [-0.4, -0.2) is 24.7 Å². The minimum Gasteiger partial charge on any atom is -0.496 e. The molecule has 0 amide bonds. The largest absolute Gasteiger partial charge is 0.496 e. The highest BCUT2D eigenvalue weighted by molar-refractivity contribution is 5.91. The molecule has 0 fully saturated rings. The molecule has 0 spiro atoms. The molecule has 2 N–H and O–H groups in total. The molecule has 2 rings (SSSR count). The number of benzene rings is 2. The Morgan fingerprint density at radius 2 is 1.95 bits per heavy atom. The maximum absolute atomic E-state index is 10.4. The Hall–Kier alpha value is -2.07. The number of nitrogens with one attached hydrogen (secondary N) is 1. The molecule has 20 heavy (non-hydrogen) atoms. The number of rotatable bonds is 7. The van der Waals surface area contributed by atoms with Crippen LogP contribution in [0.25, 0.3) is 10.8 Å². The van der Waals surface area contributed by atoms with Gasteiger partial charge in [-0.2, -0.15) is 0 Å². The number of hydrogen-bond acceptors (Lipinski definition) is 3. The molecule has 4 nitrogen and oxygen atoms in total. The zero-order chi connectivity index (χ0) is 14.4. The van der Waals surface area contributed by atoms with Crippen LogP contribution in [-0.2, 0) is 11.3 Å². The summed E-state index contributed by atoms with van der Waals surface area (Å²) in [6, 6.07) is 12.1. The van der Waals surface area contributed by atoms with E-state index in [1.165, 1.54) is 5.56 Å². The standard InChI is InChI=1S/C16H19NO3/c1-20-15-9-8-12(11-17-10-4-7-16(18)19)13-5-2-3-6-14(13)15/h2-3,5-6,8-9,17H,4,7,10-11H2,1H3,(H,18,19). The Morgan fingerprint density at radius 1 is 1.20 bits per heavy atom. The first-order valence-corrected chi connectivity index (χ1v) is 6.69. The molecule has 0 heterocycles. The predicted octanol–water partition coefficient (Wildman–Crippen LogP) is 2.80. The number of hydrogen-bond donors (Lipinski definition) is 2. The fraction of sp³-hybridized carbons (Fsp3) is 0.312. The maximum atomic E-state index is 10.4. The third-order valence-corrected chi connectivity index (χ3v) is 3.25. The molecule has 0 aliphatic rings. The summed E-state index contributed by atoms with van der Waals surface area (Å²) in [5, 5.41) is 14.1. The van der Waals surface area contributed by atoms with Crippen LogP contribution in [0.15, 0.2) is 36.4 Å². The van der Waals surface area contributed by atoms with Crippen LogP contribution in [0.2, 0.25) is 0 Å². The predicted molar refractivity (Wildman–Crippen MR) is 79.1 cm³/mol. The summed E-state index contributed by atoms with van der Waals surface area (Å²) in [5.74, 6) is 0.122. The van der Waals surface area contributed by atoms with Gasteiger partial charge in [-0.1, -0.05) is 30.3 Å². The molecule has 0 saturated carbocycles. The first-order valence-electron chi connectivity index (χ1n) is 6.69. The fourth-order valence-corrected chi connectivity index (χ4v) is 2.25. The summed E-state index contributed by atoms with van der Waals surface area (Å²) in [5.41, 5.74) is 1.19. The van der Waals surface area contributed by atoms with Gasteiger partial charge in [0.05, 0.1) is 7.11 Å². The first kappa shape index (κ1) is 14.3. The van der Waals surface area contributed by atoms with Gasteiger partial charge in [0.15, 0.2) is 0 Å². The maximum Gasteiger partial charge on any atom is 0.303 e. The molecule has 0 unspecified atom stereocenters. The Bertz CT molecular complexity index is 595. The minimum absolute atomic E-state index is 0.205. The van der Waals surface area contributed by atoms with Gasteiger partial charge in [0, 0.05) is 18.4 Å². The summed E-state index contributed by atoms with van der Waals surface area (Å²) in [7, 11) is 1.67. The zero-order valence-corrected chi connectivity index (χ0v) is 11.6. The SMILES string of the molecule is COc1ccc(CNCCCC(=O)O)c2ccccc12. The van der Waals surface area contributed by atoms with E-state index in [4.69, 9.17) is 9.84 Å². The molecular formula is C16H19NO3. The van der Waals surface area contributed by atoms with Crippen molar-refractivity contribution >= 4 is 16.7 Å². The quantitative estimate of drug-likeness (QED) is 0.762. The van der Waals surface area contributed by atoms with Gasteiger partial charge in [-0.05, 0) is 30.0 Å². The van der Waals surface area contributed by atoms with Gasteiger partial charge >= 0.3 is 5.97 Å². The van der Waals surface area contributed by atoms with Gasteiger partial charge in [0.25, 0.3) is 0 Å². The lowest BCUT2D eigenvalue weighted by Gasteiger charge is -2.11. The highest BCUT2D eigenvalue weighted by Gasteiger charge is 2.05. The summed E-state index contributed by atoms with van der Waals surface area (Å²) in [6.45, 7) is 1.43. The van der Waals surface area contributed by atoms with Gasteiger partial charge in [-0.3, -0.25) is 4.79 Å². The van der Waals surface area contributed by atoms with E-state index in [1.807, 2.05) is 30.3 Å². The van der Waals surface area contributed by atoms with Crippen LogP contribution in [0, 0.1) is 0 Å². The van der Waals surface area contributed by atoms with E-state index in [1.54, 1.807) is 7.11 Å². The monoisotopic (exact) mass is 273 g/mol. The highest BCUT2D eigenvalue weighted by Crippen LogP contribution is 2.28. The van der Waals surface area contributed by atoms with Crippen molar-refractivity contribution < 1.29 is 14.6 Å². The summed E-state index contributed by atoms with van der Waals surface area (Å²) in [6.07, 6.45) is 0.847. The number of aliphatic carboxylic acids is 1. The van der Waals surface area contributed by atoms with Crippen molar-refractivity contribution in [2.24, 2.45) is 0 Å². The summed E-state index contributed by atoms with van der Waals surface area (Å²) >= 11 is 0. The van der Waals surface area contributed by atoms with Crippen molar-refractivity contribution in [1.29, 1.82) is 0 Å². The summed E-state index contributed by atoms with van der Waals surface area (Å²) < 4.78 is 5.37. The molecule has 0 aromatic heterocycles. The van der Waals surface area contributed by atoms with Crippen molar-refractivity contribution in [3.63, 3.8) is 0 Å². The zero-order valence-electron chi connectivity index (χ0n) is 11.6. The van der Waals surface area contributed by atoms with Gasteiger partial charge in [0.1, 0.15) is 5.75 Å². The third-order valence-electron chi connectivity index (χ3n) is 3.25. The number of carboxylic acids is 1. The fourth-order valence-electron chi connectivity index (χ4n) is 2.25. The third kappa shape index (κ3) is 3.48. The van der Waals surface area contributed by atoms with E-state index in [9.17, 15) is 4.79 Å². The van der Waals surface area contributed by atoms with E-state index in [2.05, 4.69) is 11.4 Å². The topological polar surface area (TPSA) is 58.6 Å². The van der Waals surface area contributed by atoms with E-state index in [-0.39, 0.29) is 6.42 Å². The molecule has 2 aromatic carbocycles. The number of carboxylic acid groups (broad SMARTS) is 1. The molecule has 0 bridgehead atoms. The Kier molecular flexibility index (Phi) is 4.96. The van der Waals surface area contributed by atoms with E-state index in [0.717, 1.165) is 23.1 Å². The Morgan fingerprint density at radius 3 is 2.65 bits per heavy atom. The van der Waals surface area contributed by atoms with Crippen LogP contribution < -0.4 is 10.1 Å². The second-order valence-electron chi connectivity index (χ2n) is 4.65. The highest BCUT2D eigenvalue weighted by atomic mass is 16.5. The molecule has 106 valence electrons. The average Bonchev–Trinajstić information content (AvgIpc) is 2.46. The lowest BCUT2D eigenvalue weighted by atomic mass is 10.0. The molecule has 4 heteroatoms. The van der Waals surface area contributed by atoms with Crippen molar-refractivity contribution in [2.45, 2.75) is 19.4 Å². The second-order valence-corrected chi connectivity index (χ2v) is 4.65. The number of ether oxygens (including phenoxy) is 1. The van der Waals surface area contributed by atoms with Gasteiger partial charge in [-0.25, -0.2) is 0 Å². The second kappa shape index (κ2) is 6.91. The Balaban J connectivity index is 2.05. The van der Waals surface area contributed by atoms with Crippen LogP contribution >= 0.6 is 0 Å². The Labute approximate surface area is 118 Å². The van der Waals surface area contributed by atoms with E-state index < -0.39 is 5.97 Å². The smallest absolute Gasteiger partial charge is 0.303 e. The number of fused-ring (bicyclic) bond motifs is 1. The van der Waals surface area contributed by atoms with Crippen molar-refractivity contribution in [3.05, 3.63) is 42.0 Å². The molecule has 0 atom stereocenters. The molecule has 0 aliphatic heterocycles. The van der Waals surface area contributed by atoms with E-state index >= 15 is 0 Å². The van der Waals surface area contributed by atoms with Crippen LogP contribution in [0.4, 0.5) is 0 Å². The average molecular weight is 273 g/mol. The van der Waals surface area contributed by atoms with Crippen molar-refractivity contribution in [3.8, 4) is 5.75 Å². The molecular weight excluding hydrogens is 254 g/mol. The van der Waals surface area contributed by atoms with Gasteiger partial charge in [-0.15, -0.1) is 0 Å². The first-order chi connectivity index (χ1) is 9.72. The number of methoxy groups -OCH3 is 1. The van der Waals surface area contributed by atoms with Crippen molar-refractivity contribution in [2.75, 3.05) is 13.7 Å². The van der Waals surface area contributed by atoms with Crippen LogP contribution in [0.3, 0.4) is 0 Å². The minimum atomic E-state index is -0.748. The molecule has 0 aliphatic carbocycles. The van der Waals surface area contributed by atoms with Crippen LogP contribution in [0.1, 0.15) is 18.4 Å². The van der Waals surface area contributed by atoms with E-state index in [0.29, 0.717) is 13.0 Å². The molecule has 2 aromatic rings.